The van der Waals surface area contributed by atoms with E-state index in [9.17, 15) is 5.11 Å². The van der Waals surface area contributed by atoms with Crippen molar-refractivity contribution in [3.05, 3.63) is 29.3 Å². The van der Waals surface area contributed by atoms with E-state index in [1.54, 1.807) is 11.3 Å². The zero-order chi connectivity index (χ0) is 10.8. The minimum atomic E-state index is 0.169. The quantitative estimate of drug-likeness (QED) is 0.864. The molecule has 0 aliphatic carbocycles. The highest BCUT2D eigenvalue weighted by Gasteiger charge is 2.18. The van der Waals surface area contributed by atoms with Gasteiger partial charge in [-0.25, -0.2) is 4.98 Å². The van der Waals surface area contributed by atoms with E-state index in [0.29, 0.717) is 5.92 Å². The highest BCUT2D eigenvalue weighted by atomic mass is 32.1. The molecule has 2 nitrogen and oxygen atoms in total. The van der Waals surface area contributed by atoms with Crippen molar-refractivity contribution in [2.24, 2.45) is 5.92 Å². The van der Waals surface area contributed by atoms with Crippen molar-refractivity contribution in [2.45, 2.75) is 19.8 Å². The van der Waals surface area contributed by atoms with Gasteiger partial charge >= 0.3 is 0 Å². The summed E-state index contributed by atoms with van der Waals surface area (Å²) in [7, 11) is 0. The van der Waals surface area contributed by atoms with E-state index < -0.39 is 0 Å². The molecule has 0 fully saturated rings. The van der Waals surface area contributed by atoms with Crippen LogP contribution in [0.25, 0.3) is 10.2 Å². The van der Waals surface area contributed by atoms with Gasteiger partial charge in [-0.1, -0.05) is 26.0 Å². The van der Waals surface area contributed by atoms with E-state index >= 15 is 0 Å². The Bertz CT molecular complexity index is 417. The largest absolute Gasteiger partial charge is 0.396 e. The molecule has 0 amide bonds. The van der Waals surface area contributed by atoms with Gasteiger partial charge in [-0.15, -0.1) is 11.3 Å². The molecule has 0 aliphatic rings. The summed E-state index contributed by atoms with van der Waals surface area (Å²) in [6.07, 6.45) is 0. The predicted molar refractivity (Wildman–Crippen MR) is 64.3 cm³/mol. The maximum atomic E-state index is 9.34. The molecule has 2 rings (SSSR count). The van der Waals surface area contributed by atoms with Crippen LogP contribution in [-0.2, 0) is 0 Å². The third-order valence-electron chi connectivity index (χ3n) is 2.63. The number of thiazole rings is 1. The van der Waals surface area contributed by atoms with Crippen LogP contribution in [0.5, 0.6) is 0 Å². The molecule has 3 heteroatoms. The molecule has 1 N–H and O–H groups in total. The van der Waals surface area contributed by atoms with Gasteiger partial charge in [0.05, 0.1) is 21.8 Å². The molecular weight excluding hydrogens is 206 g/mol. The number of fused-ring (bicyclic) bond motifs is 1. The van der Waals surface area contributed by atoms with Crippen LogP contribution in [0, 0.1) is 5.92 Å². The Morgan fingerprint density at radius 1 is 1.33 bits per heavy atom. The molecule has 1 aromatic heterocycles. The number of hydrogen-bond acceptors (Lipinski definition) is 3. The highest BCUT2D eigenvalue weighted by molar-refractivity contribution is 7.18. The van der Waals surface area contributed by atoms with Crippen LogP contribution in [0.2, 0.25) is 0 Å². The first-order valence-electron chi connectivity index (χ1n) is 5.18. The van der Waals surface area contributed by atoms with E-state index in [2.05, 4.69) is 24.9 Å². The number of aliphatic hydroxyl groups is 1. The maximum Gasteiger partial charge on any atom is 0.0994 e. The number of hydrogen-bond donors (Lipinski definition) is 1. The Hall–Kier alpha value is -0.930. The van der Waals surface area contributed by atoms with E-state index in [1.165, 1.54) is 4.70 Å². The fraction of sp³-hybridized carbons (Fsp3) is 0.417. The lowest BCUT2D eigenvalue weighted by Gasteiger charge is -2.14. The minimum Gasteiger partial charge on any atom is -0.396 e. The van der Waals surface area contributed by atoms with Gasteiger partial charge in [-0.3, -0.25) is 0 Å². The summed E-state index contributed by atoms with van der Waals surface area (Å²) in [5, 5.41) is 10.4. The van der Waals surface area contributed by atoms with Crippen molar-refractivity contribution in [1.29, 1.82) is 0 Å². The summed E-state index contributed by atoms with van der Waals surface area (Å²) in [6.45, 7) is 4.41. The Morgan fingerprint density at radius 2 is 2.07 bits per heavy atom. The van der Waals surface area contributed by atoms with Gasteiger partial charge in [0.15, 0.2) is 0 Å². The summed E-state index contributed by atoms with van der Waals surface area (Å²) in [5.74, 6) is 0.595. The molecule has 0 saturated carbocycles. The van der Waals surface area contributed by atoms with Gasteiger partial charge in [-0.2, -0.15) is 0 Å². The average Bonchev–Trinajstić information content (AvgIpc) is 2.61. The van der Waals surface area contributed by atoms with Gasteiger partial charge < -0.3 is 5.11 Å². The molecule has 0 saturated heterocycles. The van der Waals surface area contributed by atoms with Crippen LogP contribution in [0.1, 0.15) is 24.8 Å². The van der Waals surface area contributed by atoms with Crippen molar-refractivity contribution >= 4 is 21.6 Å². The molecule has 1 aromatic carbocycles. The monoisotopic (exact) mass is 221 g/mol. The number of aromatic nitrogens is 1. The second-order valence-electron chi connectivity index (χ2n) is 4.05. The van der Waals surface area contributed by atoms with Gasteiger partial charge in [0.25, 0.3) is 0 Å². The van der Waals surface area contributed by atoms with Crippen LogP contribution in [-0.4, -0.2) is 16.7 Å². The number of para-hydroxylation sites is 1. The lowest BCUT2D eigenvalue weighted by molar-refractivity contribution is 0.237. The van der Waals surface area contributed by atoms with Crippen molar-refractivity contribution < 1.29 is 5.11 Å². The number of nitrogens with zero attached hydrogens (tertiary/aromatic N) is 1. The second kappa shape index (κ2) is 4.29. The van der Waals surface area contributed by atoms with Crippen molar-refractivity contribution in [3.63, 3.8) is 0 Å². The number of benzene rings is 1. The van der Waals surface area contributed by atoms with Crippen molar-refractivity contribution in [1.82, 2.24) is 4.98 Å². The molecule has 1 unspecified atom stereocenters. The minimum absolute atomic E-state index is 0.169. The van der Waals surface area contributed by atoms with Crippen LogP contribution in [0.4, 0.5) is 0 Å². The van der Waals surface area contributed by atoms with Gasteiger partial charge in [0.1, 0.15) is 0 Å². The van der Waals surface area contributed by atoms with Crippen LogP contribution < -0.4 is 0 Å². The molecule has 0 bridgehead atoms. The smallest absolute Gasteiger partial charge is 0.0994 e. The first-order chi connectivity index (χ1) is 7.22. The van der Waals surface area contributed by atoms with Gasteiger partial charge in [0, 0.05) is 5.92 Å². The summed E-state index contributed by atoms with van der Waals surface area (Å²) in [4.78, 5) is 4.56. The zero-order valence-electron chi connectivity index (χ0n) is 8.97. The van der Waals surface area contributed by atoms with E-state index in [1.807, 2.05) is 18.2 Å². The standard InChI is InChI=1S/C12H15NOS/c1-8(2)9(7-14)12-13-10-5-3-4-6-11(10)15-12/h3-6,8-9,14H,7H2,1-2H3. The molecule has 80 valence electrons. The van der Waals surface area contributed by atoms with E-state index in [4.69, 9.17) is 0 Å². The summed E-state index contributed by atoms with van der Waals surface area (Å²) in [5.41, 5.74) is 1.04. The molecule has 0 aliphatic heterocycles. The summed E-state index contributed by atoms with van der Waals surface area (Å²) >= 11 is 1.69. The van der Waals surface area contributed by atoms with Gasteiger partial charge in [0.2, 0.25) is 0 Å². The summed E-state index contributed by atoms with van der Waals surface area (Å²) < 4.78 is 1.20. The average molecular weight is 221 g/mol. The first-order valence-corrected chi connectivity index (χ1v) is 6.00. The topological polar surface area (TPSA) is 33.1 Å². The molecule has 2 aromatic rings. The van der Waals surface area contributed by atoms with E-state index in [-0.39, 0.29) is 12.5 Å². The Kier molecular flexibility index (Phi) is 3.03. The fourth-order valence-corrected chi connectivity index (χ4v) is 2.85. The molecular formula is C12H15NOS. The molecule has 0 spiro atoms. The van der Waals surface area contributed by atoms with Gasteiger partial charge in [-0.05, 0) is 18.1 Å². The molecule has 1 atom stereocenters. The fourth-order valence-electron chi connectivity index (χ4n) is 1.62. The SMILES string of the molecule is CC(C)C(CO)c1nc2ccccc2s1. The van der Waals surface area contributed by atoms with E-state index in [0.717, 1.165) is 10.5 Å². The maximum absolute atomic E-state index is 9.34. The lowest BCUT2D eigenvalue weighted by Crippen LogP contribution is -2.10. The predicted octanol–water partition coefficient (Wildman–Crippen LogP) is 3.03. The summed E-state index contributed by atoms with van der Waals surface area (Å²) in [6, 6.07) is 8.11. The van der Waals surface area contributed by atoms with Crippen LogP contribution in [0.3, 0.4) is 0 Å². The third kappa shape index (κ3) is 2.03. The second-order valence-corrected chi connectivity index (χ2v) is 5.12. The Morgan fingerprint density at radius 3 is 2.67 bits per heavy atom. The Labute approximate surface area is 93.6 Å². The first kappa shape index (κ1) is 10.6. The van der Waals surface area contributed by atoms with Crippen molar-refractivity contribution in [3.8, 4) is 0 Å². The highest BCUT2D eigenvalue weighted by Crippen LogP contribution is 2.31. The number of aliphatic hydroxyl groups excluding tert-OH is 1. The Balaban J connectivity index is 2.43. The number of rotatable bonds is 3. The molecule has 15 heavy (non-hydrogen) atoms. The van der Waals surface area contributed by atoms with Crippen LogP contribution in [0.15, 0.2) is 24.3 Å². The normalized spacial score (nSPS) is 13.6. The molecule has 1 heterocycles. The third-order valence-corrected chi connectivity index (χ3v) is 3.80. The molecule has 0 radical (unpaired) electrons. The van der Waals surface area contributed by atoms with Crippen LogP contribution >= 0.6 is 11.3 Å². The lowest BCUT2D eigenvalue weighted by atomic mass is 9.98. The zero-order valence-corrected chi connectivity index (χ0v) is 9.79. The van der Waals surface area contributed by atoms with Crippen molar-refractivity contribution in [2.75, 3.05) is 6.61 Å².